The van der Waals surface area contributed by atoms with E-state index in [1.807, 2.05) is 0 Å². The van der Waals surface area contributed by atoms with Crippen molar-refractivity contribution in [2.45, 2.75) is 117 Å². The van der Waals surface area contributed by atoms with Gasteiger partial charge in [0.25, 0.3) is 5.56 Å². The average molecular weight is 491 g/mol. The average Bonchev–Trinajstić information content (AvgIpc) is 3.37. The van der Waals surface area contributed by atoms with E-state index in [1.165, 1.54) is 44.1 Å². The molecule has 1 unspecified atom stereocenters. The van der Waals surface area contributed by atoms with Crippen LogP contribution in [0.4, 0.5) is 0 Å². The van der Waals surface area contributed by atoms with Crippen LogP contribution in [0.1, 0.15) is 113 Å². The molecule has 0 aliphatic heterocycles. The van der Waals surface area contributed by atoms with E-state index in [0.717, 1.165) is 53.5 Å². The SMILES string of the molecule is Cc1ccc2cc(CN(C3CCCCC3)C(c3nnnn3C3CCCCC3)C(C)C)c(=O)[nH]c2c1C. The van der Waals surface area contributed by atoms with E-state index in [2.05, 4.69) is 76.0 Å². The maximum atomic E-state index is 13.4. The van der Waals surface area contributed by atoms with Gasteiger partial charge in [0.2, 0.25) is 0 Å². The Morgan fingerprint density at radius 1 is 1.03 bits per heavy atom. The van der Waals surface area contributed by atoms with Gasteiger partial charge in [-0.25, -0.2) is 4.68 Å². The summed E-state index contributed by atoms with van der Waals surface area (Å²) in [5.41, 5.74) is 4.15. The van der Waals surface area contributed by atoms with E-state index in [9.17, 15) is 4.79 Å². The molecular formula is C29H42N6O. The Morgan fingerprint density at radius 2 is 1.72 bits per heavy atom. The lowest BCUT2D eigenvalue weighted by molar-refractivity contribution is 0.0590. The molecule has 0 bridgehead atoms. The molecule has 0 amide bonds. The molecule has 1 N–H and O–H groups in total. The van der Waals surface area contributed by atoms with Crippen molar-refractivity contribution in [1.82, 2.24) is 30.1 Å². The molecule has 3 aromatic rings. The number of aromatic nitrogens is 5. The smallest absolute Gasteiger partial charge is 0.252 e. The van der Waals surface area contributed by atoms with Crippen molar-refractivity contribution in [3.63, 3.8) is 0 Å². The summed E-state index contributed by atoms with van der Waals surface area (Å²) in [6.07, 6.45) is 12.2. The van der Waals surface area contributed by atoms with Crippen LogP contribution in [0.5, 0.6) is 0 Å². The molecule has 0 radical (unpaired) electrons. The zero-order valence-corrected chi connectivity index (χ0v) is 22.5. The quantitative estimate of drug-likeness (QED) is 0.428. The first-order valence-electron chi connectivity index (χ1n) is 14.1. The lowest BCUT2D eigenvalue weighted by Crippen LogP contribution is -2.43. The molecule has 1 aromatic carbocycles. The van der Waals surface area contributed by atoms with Gasteiger partial charge in [-0.15, -0.1) is 5.10 Å². The number of nitrogens with zero attached hydrogens (tertiary/aromatic N) is 5. The normalized spacial score (nSPS) is 18.9. The van der Waals surface area contributed by atoms with Crippen LogP contribution in [0.15, 0.2) is 23.0 Å². The molecule has 36 heavy (non-hydrogen) atoms. The second kappa shape index (κ2) is 10.8. The third-order valence-corrected chi connectivity index (χ3v) is 8.72. The molecule has 194 valence electrons. The second-order valence-electron chi connectivity index (χ2n) is 11.5. The van der Waals surface area contributed by atoms with Gasteiger partial charge in [0, 0.05) is 18.2 Å². The van der Waals surface area contributed by atoms with Crippen molar-refractivity contribution in [2.24, 2.45) is 5.92 Å². The third-order valence-electron chi connectivity index (χ3n) is 8.72. The number of aryl methyl sites for hydroxylation is 2. The molecule has 1 atom stereocenters. The number of pyridine rings is 1. The largest absolute Gasteiger partial charge is 0.321 e. The number of tetrazole rings is 1. The van der Waals surface area contributed by atoms with Crippen LogP contribution in [0.25, 0.3) is 10.9 Å². The van der Waals surface area contributed by atoms with Crippen LogP contribution in [0, 0.1) is 19.8 Å². The standard InChI is InChI=1S/C29H42N6O/c1-19(2)27(28-31-32-33-35(28)25-13-9-6-10-14-25)34(24-11-7-5-8-12-24)18-23-17-22-16-15-20(3)21(4)26(22)30-29(23)36/h15-17,19,24-25,27H,5-14,18H2,1-4H3,(H,30,36). The van der Waals surface area contributed by atoms with Gasteiger partial charge in [-0.1, -0.05) is 64.5 Å². The highest BCUT2D eigenvalue weighted by Crippen LogP contribution is 2.37. The number of aromatic amines is 1. The van der Waals surface area contributed by atoms with Crippen molar-refractivity contribution in [3.05, 3.63) is 51.1 Å². The first-order valence-corrected chi connectivity index (χ1v) is 14.1. The molecule has 0 spiro atoms. The topological polar surface area (TPSA) is 79.7 Å². The van der Waals surface area contributed by atoms with E-state index < -0.39 is 0 Å². The summed E-state index contributed by atoms with van der Waals surface area (Å²) >= 11 is 0. The molecule has 2 aliphatic carbocycles. The van der Waals surface area contributed by atoms with Crippen molar-refractivity contribution in [1.29, 1.82) is 0 Å². The van der Waals surface area contributed by atoms with Crippen LogP contribution in [-0.4, -0.2) is 36.1 Å². The lowest BCUT2D eigenvalue weighted by Gasteiger charge is -2.41. The Labute approximate surface area is 214 Å². The minimum absolute atomic E-state index is 0.0198. The summed E-state index contributed by atoms with van der Waals surface area (Å²) in [5, 5.41) is 14.4. The lowest BCUT2D eigenvalue weighted by atomic mass is 9.89. The first-order chi connectivity index (χ1) is 17.4. The molecule has 2 heterocycles. The van der Waals surface area contributed by atoms with Gasteiger partial charge >= 0.3 is 0 Å². The van der Waals surface area contributed by atoms with Crippen LogP contribution >= 0.6 is 0 Å². The maximum Gasteiger partial charge on any atom is 0.252 e. The maximum absolute atomic E-state index is 13.4. The van der Waals surface area contributed by atoms with Crippen molar-refractivity contribution in [2.75, 3.05) is 0 Å². The van der Waals surface area contributed by atoms with Gasteiger partial charge in [0.1, 0.15) is 0 Å². The molecule has 2 saturated carbocycles. The number of hydrogen-bond donors (Lipinski definition) is 1. The van der Waals surface area contributed by atoms with Gasteiger partial charge in [0.05, 0.1) is 17.6 Å². The molecule has 2 aliphatic rings. The van der Waals surface area contributed by atoms with Gasteiger partial charge in [0.15, 0.2) is 5.82 Å². The molecule has 5 rings (SSSR count). The van der Waals surface area contributed by atoms with E-state index in [0.29, 0.717) is 24.5 Å². The summed E-state index contributed by atoms with van der Waals surface area (Å²) in [5.74, 6) is 1.30. The summed E-state index contributed by atoms with van der Waals surface area (Å²) in [6, 6.07) is 7.27. The van der Waals surface area contributed by atoms with Crippen molar-refractivity contribution < 1.29 is 0 Å². The molecule has 2 fully saturated rings. The fourth-order valence-electron chi connectivity index (χ4n) is 6.56. The molecule has 7 heteroatoms. The van der Waals surface area contributed by atoms with Crippen molar-refractivity contribution in [3.8, 4) is 0 Å². The van der Waals surface area contributed by atoms with Gasteiger partial charge < -0.3 is 4.98 Å². The van der Waals surface area contributed by atoms with E-state index >= 15 is 0 Å². The van der Waals surface area contributed by atoms with Gasteiger partial charge in [-0.3, -0.25) is 9.69 Å². The third kappa shape index (κ3) is 4.99. The number of benzene rings is 1. The van der Waals surface area contributed by atoms with Crippen molar-refractivity contribution >= 4 is 10.9 Å². The fourth-order valence-corrected chi connectivity index (χ4v) is 6.56. The highest BCUT2D eigenvalue weighted by Gasteiger charge is 2.36. The second-order valence-corrected chi connectivity index (χ2v) is 11.5. The Morgan fingerprint density at radius 3 is 2.42 bits per heavy atom. The highest BCUT2D eigenvalue weighted by atomic mass is 16.1. The van der Waals surface area contributed by atoms with E-state index in [-0.39, 0.29) is 11.6 Å². The number of rotatable bonds is 7. The van der Waals surface area contributed by atoms with Gasteiger partial charge in [-0.05, 0) is 78.5 Å². The molecular weight excluding hydrogens is 448 g/mol. The predicted octanol–water partition coefficient (Wildman–Crippen LogP) is 6.17. The summed E-state index contributed by atoms with van der Waals surface area (Å²) in [7, 11) is 0. The Bertz CT molecular complexity index is 1230. The molecule has 0 saturated heterocycles. The number of hydrogen-bond acceptors (Lipinski definition) is 5. The summed E-state index contributed by atoms with van der Waals surface area (Å²) < 4.78 is 2.14. The summed E-state index contributed by atoms with van der Waals surface area (Å²) in [6.45, 7) is 9.34. The van der Waals surface area contributed by atoms with Gasteiger partial charge in [-0.2, -0.15) is 0 Å². The Balaban J connectivity index is 1.55. The number of nitrogens with one attached hydrogen (secondary N) is 1. The van der Waals surface area contributed by atoms with E-state index in [4.69, 9.17) is 0 Å². The zero-order chi connectivity index (χ0) is 25.2. The van der Waals surface area contributed by atoms with E-state index in [1.54, 1.807) is 0 Å². The Hall–Kier alpha value is -2.54. The summed E-state index contributed by atoms with van der Waals surface area (Å²) in [4.78, 5) is 19.2. The fraction of sp³-hybridized carbons (Fsp3) is 0.655. The highest BCUT2D eigenvalue weighted by molar-refractivity contribution is 5.83. The molecule has 2 aromatic heterocycles. The minimum atomic E-state index is 0.0198. The zero-order valence-electron chi connectivity index (χ0n) is 22.5. The number of H-pyrrole nitrogens is 1. The number of fused-ring (bicyclic) bond motifs is 1. The van der Waals surface area contributed by atoms with Crippen LogP contribution in [-0.2, 0) is 6.54 Å². The first kappa shape index (κ1) is 25.1. The van der Waals surface area contributed by atoms with Crippen LogP contribution < -0.4 is 5.56 Å². The monoisotopic (exact) mass is 490 g/mol. The minimum Gasteiger partial charge on any atom is -0.321 e. The van der Waals surface area contributed by atoms with Crippen LogP contribution in [0.3, 0.4) is 0 Å². The van der Waals surface area contributed by atoms with Crippen LogP contribution in [0.2, 0.25) is 0 Å². The predicted molar refractivity (Wildman–Crippen MR) is 144 cm³/mol. The molecule has 7 nitrogen and oxygen atoms in total. The Kier molecular flexibility index (Phi) is 7.56.